The lowest BCUT2D eigenvalue weighted by molar-refractivity contribution is 0.0699. The smallest absolute Gasteiger partial charge is 0.338 e. The Labute approximate surface area is 106 Å². The van der Waals surface area contributed by atoms with Gasteiger partial charge in [-0.1, -0.05) is 11.3 Å². The van der Waals surface area contributed by atoms with E-state index in [1.165, 1.54) is 22.9 Å². The van der Waals surface area contributed by atoms with E-state index in [1.807, 2.05) is 0 Å². The molecule has 0 spiro atoms. The number of carbonyl (C=O) groups is 1. The molecule has 0 saturated carbocycles. The van der Waals surface area contributed by atoms with Crippen molar-refractivity contribution in [2.75, 3.05) is 0 Å². The summed E-state index contributed by atoms with van der Waals surface area (Å²) in [6, 6.07) is 10.5. The molecule has 6 heteroatoms. The van der Waals surface area contributed by atoms with E-state index in [2.05, 4.69) is 10.3 Å². The molecule has 1 N–H and O–H groups in total. The van der Waals surface area contributed by atoms with Crippen molar-refractivity contribution in [2.24, 2.45) is 0 Å². The van der Waals surface area contributed by atoms with Gasteiger partial charge in [0, 0.05) is 0 Å². The summed E-state index contributed by atoms with van der Waals surface area (Å²) in [4.78, 5) is 11.1. The van der Waals surface area contributed by atoms with Crippen LogP contribution in [-0.2, 0) is 0 Å². The number of carboxylic acids is 1. The minimum atomic E-state index is -1.06. The summed E-state index contributed by atoms with van der Waals surface area (Å²) in [5.74, 6) is -1.41. The van der Waals surface area contributed by atoms with Gasteiger partial charge in [0.05, 0.1) is 16.8 Å². The van der Waals surface area contributed by atoms with Gasteiger partial charge in [-0.3, -0.25) is 0 Å². The summed E-state index contributed by atoms with van der Waals surface area (Å²) in [5.41, 5.74) is 1.57. The third-order valence-corrected chi connectivity index (χ3v) is 2.78. The number of aromatic nitrogens is 3. The van der Waals surface area contributed by atoms with Crippen LogP contribution in [-0.4, -0.2) is 26.1 Å². The molecule has 0 bridgehead atoms. The molecule has 0 aliphatic heterocycles. The van der Waals surface area contributed by atoms with Crippen LogP contribution in [0.15, 0.2) is 42.5 Å². The second kappa shape index (κ2) is 4.16. The molecule has 94 valence electrons. The van der Waals surface area contributed by atoms with Crippen molar-refractivity contribution in [2.45, 2.75) is 0 Å². The average molecular weight is 257 g/mol. The predicted octanol–water partition coefficient (Wildman–Crippen LogP) is 2.26. The fourth-order valence-corrected chi connectivity index (χ4v) is 1.89. The quantitative estimate of drug-likeness (QED) is 0.764. The molecule has 0 aliphatic carbocycles. The standard InChI is InChI=1S/C13H8FN3O2/c14-8-4-6-9(7-5-8)17-11-3-1-2-10(13(18)19)12(11)15-16-17/h1-7H,(H,18,19). The molecule has 0 atom stereocenters. The highest BCUT2D eigenvalue weighted by molar-refractivity contribution is 6.00. The van der Waals surface area contributed by atoms with Crippen molar-refractivity contribution in [1.29, 1.82) is 0 Å². The Hall–Kier alpha value is -2.76. The van der Waals surface area contributed by atoms with Gasteiger partial charge in [-0.25, -0.2) is 13.9 Å². The SMILES string of the molecule is O=C(O)c1cccc2c1nnn2-c1ccc(F)cc1. The van der Waals surface area contributed by atoms with Gasteiger partial charge in [0.1, 0.15) is 11.3 Å². The highest BCUT2D eigenvalue weighted by Crippen LogP contribution is 2.19. The number of rotatable bonds is 2. The summed E-state index contributed by atoms with van der Waals surface area (Å²) in [5, 5.41) is 16.9. The minimum absolute atomic E-state index is 0.0888. The first-order chi connectivity index (χ1) is 9.16. The van der Waals surface area contributed by atoms with Crippen LogP contribution in [0.5, 0.6) is 0 Å². The lowest BCUT2D eigenvalue weighted by Gasteiger charge is -2.02. The Bertz CT molecular complexity index is 765. The highest BCUT2D eigenvalue weighted by Gasteiger charge is 2.14. The number of benzene rings is 2. The van der Waals surface area contributed by atoms with Crippen LogP contribution in [0.3, 0.4) is 0 Å². The normalized spacial score (nSPS) is 10.8. The first-order valence-corrected chi connectivity index (χ1v) is 5.50. The number of halogens is 1. The topological polar surface area (TPSA) is 68.0 Å². The summed E-state index contributed by atoms with van der Waals surface area (Å²) in [6.45, 7) is 0. The molecule has 1 heterocycles. The summed E-state index contributed by atoms with van der Waals surface area (Å²) >= 11 is 0. The molecule has 0 saturated heterocycles. The van der Waals surface area contributed by atoms with Gasteiger partial charge in [-0.05, 0) is 36.4 Å². The van der Waals surface area contributed by atoms with Gasteiger partial charge < -0.3 is 5.11 Å². The summed E-state index contributed by atoms with van der Waals surface area (Å²) < 4.78 is 14.4. The lowest BCUT2D eigenvalue weighted by atomic mass is 10.2. The molecule has 19 heavy (non-hydrogen) atoms. The predicted molar refractivity (Wildman–Crippen MR) is 65.8 cm³/mol. The van der Waals surface area contributed by atoms with Gasteiger partial charge >= 0.3 is 5.97 Å². The number of carboxylic acid groups (broad SMARTS) is 1. The van der Waals surface area contributed by atoms with Crippen molar-refractivity contribution in [3.63, 3.8) is 0 Å². The Morgan fingerprint density at radius 1 is 1.16 bits per heavy atom. The van der Waals surface area contributed by atoms with E-state index in [0.29, 0.717) is 16.7 Å². The number of nitrogens with zero attached hydrogens (tertiary/aromatic N) is 3. The van der Waals surface area contributed by atoms with E-state index in [9.17, 15) is 9.18 Å². The fraction of sp³-hybridized carbons (Fsp3) is 0. The average Bonchev–Trinajstić information content (AvgIpc) is 2.83. The second-order valence-corrected chi connectivity index (χ2v) is 3.96. The van der Waals surface area contributed by atoms with Crippen molar-refractivity contribution in [3.05, 3.63) is 53.8 Å². The van der Waals surface area contributed by atoms with E-state index < -0.39 is 5.97 Å². The van der Waals surface area contributed by atoms with E-state index in [0.717, 1.165) is 0 Å². The number of aromatic carboxylic acids is 1. The number of hydrogen-bond donors (Lipinski definition) is 1. The molecule has 5 nitrogen and oxygen atoms in total. The number of hydrogen-bond acceptors (Lipinski definition) is 3. The zero-order valence-corrected chi connectivity index (χ0v) is 9.62. The summed E-state index contributed by atoms with van der Waals surface area (Å²) in [7, 11) is 0. The maximum absolute atomic E-state index is 12.9. The molecular weight excluding hydrogens is 249 g/mol. The second-order valence-electron chi connectivity index (χ2n) is 3.96. The first-order valence-electron chi connectivity index (χ1n) is 5.50. The van der Waals surface area contributed by atoms with Crippen LogP contribution in [0.2, 0.25) is 0 Å². The molecule has 0 fully saturated rings. The van der Waals surface area contributed by atoms with Crippen molar-refractivity contribution in [1.82, 2.24) is 15.0 Å². The van der Waals surface area contributed by atoms with Gasteiger partial charge in [0.25, 0.3) is 0 Å². The molecule has 0 amide bonds. The third-order valence-electron chi connectivity index (χ3n) is 2.78. The van der Waals surface area contributed by atoms with E-state index in [4.69, 9.17) is 5.11 Å². The van der Waals surface area contributed by atoms with Gasteiger partial charge in [0.15, 0.2) is 0 Å². The van der Waals surface area contributed by atoms with Crippen LogP contribution in [0.25, 0.3) is 16.7 Å². The van der Waals surface area contributed by atoms with E-state index in [-0.39, 0.29) is 11.4 Å². The zero-order valence-electron chi connectivity index (χ0n) is 9.62. The monoisotopic (exact) mass is 257 g/mol. The number of fused-ring (bicyclic) bond motifs is 1. The van der Waals surface area contributed by atoms with Gasteiger partial charge in [0.2, 0.25) is 0 Å². The molecule has 0 radical (unpaired) electrons. The third kappa shape index (κ3) is 1.83. The Kier molecular flexibility index (Phi) is 2.49. The Morgan fingerprint density at radius 3 is 2.58 bits per heavy atom. The molecular formula is C13H8FN3O2. The Morgan fingerprint density at radius 2 is 1.89 bits per heavy atom. The summed E-state index contributed by atoms with van der Waals surface area (Å²) in [6.07, 6.45) is 0. The van der Waals surface area contributed by atoms with E-state index >= 15 is 0 Å². The van der Waals surface area contributed by atoms with Crippen molar-refractivity contribution >= 4 is 17.0 Å². The van der Waals surface area contributed by atoms with Crippen molar-refractivity contribution in [3.8, 4) is 5.69 Å². The van der Waals surface area contributed by atoms with E-state index in [1.54, 1.807) is 24.3 Å². The van der Waals surface area contributed by atoms with Crippen molar-refractivity contribution < 1.29 is 14.3 Å². The molecule has 3 aromatic rings. The largest absolute Gasteiger partial charge is 0.478 e. The van der Waals surface area contributed by atoms with Gasteiger partial charge in [-0.2, -0.15) is 0 Å². The lowest BCUT2D eigenvalue weighted by Crippen LogP contribution is -1.98. The van der Waals surface area contributed by atoms with Gasteiger partial charge in [-0.15, -0.1) is 5.10 Å². The highest BCUT2D eigenvalue weighted by atomic mass is 19.1. The molecule has 2 aromatic carbocycles. The maximum atomic E-state index is 12.9. The van der Waals surface area contributed by atoms with Crippen LogP contribution in [0, 0.1) is 5.82 Å². The molecule has 1 aromatic heterocycles. The minimum Gasteiger partial charge on any atom is -0.478 e. The van der Waals surface area contributed by atoms with Crippen LogP contribution >= 0.6 is 0 Å². The molecule has 0 aliphatic rings. The molecule has 0 unspecified atom stereocenters. The first kappa shape index (κ1) is 11.3. The van der Waals surface area contributed by atoms with Crippen LogP contribution in [0.4, 0.5) is 4.39 Å². The fourth-order valence-electron chi connectivity index (χ4n) is 1.89. The van der Waals surface area contributed by atoms with Crippen LogP contribution in [0.1, 0.15) is 10.4 Å². The zero-order chi connectivity index (χ0) is 13.4. The van der Waals surface area contributed by atoms with Crippen LogP contribution < -0.4 is 0 Å². The molecule has 3 rings (SSSR count). The maximum Gasteiger partial charge on any atom is 0.338 e. The Balaban J connectivity index is 2.24.